The van der Waals surface area contributed by atoms with Gasteiger partial charge in [-0.2, -0.15) is 0 Å². The van der Waals surface area contributed by atoms with Gasteiger partial charge >= 0.3 is 0 Å². The molecule has 2 aromatic carbocycles. The van der Waals surface area contributed by atoms with Crippen LogP contribution in [0, 0.1) is 0 Å². The minimum Gasteiger partial charge on any atom is -0.325 e. The highest BCUT2D eigenvalue weighted by Gasteiger charge is 2.22. The SMILES string of the molecule is CC(Sc1nnc(CN2CCCCC2)n1-c1ccccc1)C(=O)Nc1ccccc1. The Morgan fingerprint density at radius 2 is 1.67 bits per heavy atom. The second kappa shape index (κ2) is 9.91. The van der Waals surface area contributed by atoms with Crippen molar-refractivity contribution in [2.75, 3.05) is 18.4 Å². The van der Waals surface area contributed by atoms with Crippen molar-refractivity contribution in [2.24, 2.45) is 0 Å². The van der Waals surface area contributed by atoms with Crippen LogP contribution in [0.25, 0.3) is 5.69 Å². The van der Waals surface area contributed by atoms with Gasteiger partial charge in [-0.05, 0) is 57.1 Å². The minimum absolute atomic E-state index is 0.0496. The number of anilines is 1. The number of likely N-dealkylation sites (tertiary alicyclic amines) is 1. The number of aromatic nitrogens is 3. The molecule has 7 heteroatoms. The molecule has 0 saturated carbocycles. The molecule has 156 valence electrons. The van der Waals surface area contributed by atoms with Gasteiger partial charge in [-0.3, -0.25) is 14.3 Å². The van der Waals surface area contributed by atoms with E-state index in [4.69, 9.17) is 0 Å². The first-order valence-corrected chi connectivity index (χ1v) is 11.3. The summed E-state index contributed by atoms with van der Waals surface area (Å²) in [7, 11) is 0. The van der Waals surface area contributed by atoms with E-state index in [1.54, 1.807) is 0 Å². The number of carbonyl (C=O) groups excluding carboxylic acids is 1. The van der Waals surface area contributed by atoms with E-state index in [0.29, 0.717) is 0 Å². The molecule has 3 aromatic rings. The van der Waals surface area contributed by atoms with Gasteiger partial charge < -0.3 is 5.32 Å². The van der Waals surface area contributed by atoms with E-state index in [9.17, 15) is 4.79 Å². The smallest absolute Gasteiger partial charge is 0.237 e. The summed E-state index contributed by atoms with van der Waals surface area (Å²) < 4.78 is 2.09. The van der Waals surface area contributed by atoms with Crippen molar-refractivity contribution >= 4 is 23.4 Å². The Bertz CT molecular complexity index is 954. The molecule has 0 spiro atoms. The number of para-hydroxylation sites is 2. The molecule has 1 aromatic heterocycles. The fourth-order valence-electron chi connectivity index (χ4n) is 3.61. The number of amides is 1. The van der Waals surface area contributed by atoms with Crippen LogP contribution >= 0.6 is 11.8 Å². The number of piperidine rings is 1. The van der Waals surface area contributed by atoms with E-state index in [0.717, 1.165) is 42.0 Å². The van der Waals surface area contributed by atoms with Crippen LogP contribution in [0.4, 0.5) is 5.69 Å². The second-order valence-corrected chi connectivity index (χ2v) is 8.83. The molecule has 0 aliphatic carbocycles. The van der Waals surface area contributed by atoms with Crippen LogP contribution in [0.1, 0.15) is 32.0 Å². The quantitative estimate of drug-likeness (QED) is 0.574. The van der Waals surface area contributed by atoms with Crippen LogP contribution in [0.15, 0.2) is 65.8 Å². The van der Waals surface area contributed by atoms with E-state index in [1.165, 1.54) is 31.0 Å². The Morgan fingerprint density at radius 3 is 2.37 bits per heavy atom. The van der Waals surface area contributed by atoms with E-state index in [1.807, 2.05) is 55.5 Å². The zero-order valence-corrected chi connectivity index (χ0v) is 18.0. The highest BCUT2D eigenvalue weighted by molar-refractivity contribution is 8.00. The lowest BCUT2D eigenvalue weighted by Gasteiger charge is -2.26. The summed E-state index contributed by atoms with van der Waals surface area (Å²) in [6.07, 6.45) is 3.77. The van der Waals surface area contributed by atoms with Crippen molar-refractivity contribution in [3.05, 3.63) is 66.5 Å². The van der Waals surface area contributed by atoms with Gasteiger partial charge in [0.05, 0.1) is 11.8 Å². The first kappa shape index (κ1) is 20.6. The van der Waals surface area contributed by atoms with E-state index in [-0.39, 0.29) is 11.2 Å². The van der Waals surface area contributed by atoms with Crippen molar-refractivity contribution in [3.8, 4) is 5.69 Å². The molecule has 1 N–H and O–H groups in total. The average Bonchev–Trinajstić information content (AvgIpc) is 3.17. The number of nitrogens with zero attached hydrogens (tertiary/aromatic N) is 4. The van der Waals surface area contributed by atoms with Gasteiger partial charge in [0.1, 0.15) is 0 Å². The van der Waals surface area contributed by atoms with Gasteiger partial charge in [-0.15, -0.1) is 10.2 Å². The molecule has 0 radical (unpaired) electrons. The second-order valence-electron chi connectivity index (χ2n) is 7.52. The number of thioether (sulfide) groups is 1. The molecule has 30 heavy (non-hydrogen) atoms. The topological polar surface area (TPSA) is 63.1 Å². The van der Waals surface area contributed by atoms with Gasteiger partial charge in [-0.25, -0.2) is 0 Å². The van der Waals surface area contributed by atoms with Crippen molar-refractivity contribution in [1.29, 1.82) is 0 Å². The van der Waals surface area contributed by atoms with Gasteiger partial charge in [0.25, 0.3) is 0 Å². The zero-order chi connectivity index (χ0) is 20.8. The maximum Gasteiger partial charge on any atom is 0.237 e. The normalized spacial score (nSPS) is 15.6. The van der Waals surface area contributed by atoms with Crippen LogP contribution < -0.4 is 5.32 Å². The third kappa shape index (κ3) is 5.09. The van der Waals surface area contributed by atoms with Crippen molar-refractivity contribution in [1.82, 2.24) is 19.7 Å². The van der Waals surface area contributed by atoms with Crippen molar-refractivity contribution in [3.63, 3.8) is 0 Å². The van der Waals surface area contributed by atoms with Gasteiger partial charge in [0.15, 0.2) is 11.0 Å². The third-order valence-electron chi connectivity index (χ3n) is 5.22. The Kier molecular flexibility index (Phi) is 6.81. The summed E-state index contributed by atoms with van der Waals surface area (Å²) in [6, 6.07) is 19.7. The van der Waals surface area contributed by atoms with E-state index < -0.39 is 0 Å². The predicted octanol–water partition coefficient (Wildman–Crippen LogP) is 4.37. The summed E-state index contributed by atoms with van der Waals surface area (Å²) in [5, 5.41) is 12.4. The largest absolute Gasteiger partial charge is 0.325 e. The molecule has 1 atom stereocenters. The average molecular weight is 422 g/mol. The fourth-order valence-corrected chi connectivity index (χ4v) is 4.50. The number of carbonyl (C=O) groups is 1. The van der Waals surface area contributed by atoms with Crippen LogP contribution in [-0.4, -0.2) is 43.9 Å². The van der Waals surface area contributed by atoms with Crippen LogP contribution in [0.2, 0.25) is 0 Å². The molecule has 1 aliphatic heterocycles. The van der Waals surface area contributed by atoms with E-state index in [2.05, 4.69) is 37.1 Å². The standard InChI is InChI=1S/C23H27N5OS/c1-18(22(29)24-19-11-5-2-6-12-19)30-23-26-25-21(17-27-15-9-4-10-16-27)28(23)20-13-7-3-8-14-20/h2-3,5-8,11-14,18H,4,9-10,15-17H2,1H3,(H,24,29). The van der Waals surface area contributed by atoms with Gasteiger partial charge in [0, 0.05) is 11.4 Å². The first-order chi connectivity index (χ1) is 14.7. The molecule has 1 saturated heterocycles. The molecule has 0 bridgehead atoms. The fraction of sp³-hybridized carbons (Fsp3) is 0.348. The molecule has 2 heterocycles. The number of hydrogen-bond acceptors (Lipinski definition) is 5. The summed E-state index contributed by atoms with van der Waals surface area (Å²) in [6.45, 7) is 4.87. The molecule has 1 unspecified atom stereocenters. The lowest BCUT2D eigenvalue weighted by molar-refractivity contribution is -0.115. The molecular formula is C23H27N5OS. The molecular weight excluding hydrogens is 394 g/mol. The summed E-state index contributed by atoms with van der Waals surface area (Å²) in [4.78, 5) is 15.1. The summed E-state index contributed by atoms with van der Waals surface area (Å²) in [5.41, 5.74) is 1.82. The summed E-state index contributed by atoms with van der Waals surface area (Å²) in [5.74, 6) is 0.868. The maximum absolute atomic E-state index is 12.7. The first-order valence-electron chi connectivity index (χ1n) is 10.5. The Balaban J connectivity index is 1.54. The molecule has 4 rings (SSSR count). The molecule has 1 aliphatic rings. The third-order valence-corrected chi connectivity index (χ3v) is 6.26. The maximum atomic E-state index is 12.7. The number of rotatable bonds is 7. The molecule has 1 amide bonds. The van der Waals surface area contributed by atoms with Gasteiger partial charge in [0.2, 0.25) is 5.91 Å². The van der Waals surface area contributed by atoms with Gasteiger partial charge in [-0.1, -0.05) is 54.6 Å². The van der Waals surface area contributed by atoms with Crippen LogP contribution in [0.3, 0.4) is 0 Å². The lowest BCUT2D eigenvalue weighted by atomic mass is 10.1. The Labute approximate surface area is 181 Å². The monoisotopic (exact) mass is 421 g/mol. The highest BCUT2D eigenvalue weighted by atomic mass is 32.2. The van der Waals surface area contributed by atoms with Crippen LogP contribution in [0.5, 0.6) is 0 Å². The molecule has 6 nitrogen and oxygen atoms in total. The van der Waals surface area contributed by atoms with Crippen LogP contribution in [-0.2, 0) is 11.3 Å². The predicted molar refractivity (Wildman–Crippen MR) is 121 cm³/mol. The minimum atomic E-state index is -0.306. The number of nitrogens with one attached hydrogen (secondary N) is 1. The number of benzene rings is 2. The lowest BCUT2D eigenvalue weighted by Crippen LogP contribution is -2.30. The molecule has 1 fully saturated rings. The van der Waals surface area contributed by atoms with Crippen molar-refractivity contribution < 1.29 is 4.79 Å². The zero-order valence-electron chi connectivity index (χ0n) is 17.2. The van der Waals surface area contributed by atoms with E-state index >= 15 is 0 Å². The Morgan fingerprint density at radius 1 is 1.00 bits per heavy atom. The summed E-state index contributed by atoms with van der Waals surface area (Å²) >= 11 is 1.43. The van der Waals surface area contributed by atoms with Crippen molar-refractivity contribution in [2.45, 2.75) is 43.1 Å². The Hall–Kier alpha value is -2.64. The number of hydrogen-bond donors (Lipinski definition) is 1. The highest BCUT2D eigenvalue weighted by Crippen LogP contribution is 2.27.